The van der Waals surface area contributed by atoms with E-state index in [0.717, 1.165) is 43.4 Å². The van der Waals surface area contributed by atoms with Crippen molar-refractivity contribution in [2.75, 3.05) is 11.9 Å². The van der Waals surface area contributed by atoms with Gasteiger partial charge in [0.05, 0.1) is 12.2 Å². The van der Waals surface area contributed by atoms with Crippen LogP contribution in [0.25, 0.3) is 0 Å². The molecule has 1 heterocycles. The van der Waals surface area contributed by atoms with E-state index in [2.05, 4.69) is 12.2 Å². The lowest BCUT2D eigenvalue weighted by molar-refractivity contribution is -0.116. The number of fused-ring (bicyclic) bond motifs is 1. The summed E-state index contributed by atoms with van der Waals surface area (Å²) in [5.41, 5.74) is 8.38. The summed E-state index contributed by atoms with van der Waals surface area (Å²) >= 11 is 1.49. The molecule has 3 rings (SSSR count). The van der Waals surface area contributed by atoms with Crippen molar-refractivity contribution >= 4 is 28.2 Å². The highest BCUT2D eigenvalue weighted by atomic mass is 32.1. The van der Waals surface area contributed by atoms with Gasteiger partial charge in [0, 0.05) is 11.3 Å². The van der Waals surface area contributed by atoms with Crippen LogP contribution in [0.1, 0.15) is 59.0 Å². The van der Waals surface area contributed by atoms with Gasteiger partial charge in [-0.25, -0.2) is 0 Å². The molecular weight excluding hydrogens is 360 g/mol. The molecule has 0 spiro atoms. The van der Waals surface area contributed by atoms with E-state index in [4.69, 9.17) is 10.5 Å². The van der Waals surface area contributed by atoms with Crippen molar-refractivity contribution in [3.63, 3.8) is 0 Å². The van der Waals surface area contributed by atoms with Gasteiger partial charge in [0.2, 0.25) is 5.91 Å². The van der Waals surface area contributed by atoms with E-state index in [9.17, 15) is 9.59 Å². The summed E-state index contributed by atoms with van der Waals surface area (Å²) in [6, 6.07) is 8.00. The topological polar surface area (TPSA) is 81.4 Å². The largest absolute Gasteiger partial charge is 0.494 e. The molecule has 1 aliphatic rings. The van der Waals surface area contributed by atoms with Crippen molar-refractivity contribution in [3.05, 3.63) is 45.8 Å². The van der Waals surface area contributed by atoms with E-state index in [1.54, 1.807) is 0 Å². The third-order valence-electron chi connectivity index (χ3n) is 4.82. The molecule has 27 heavy (non-hydrogen) atoms. The molecule has 0 fully saturated rings. The summed E-state index contributed by atoms with van der Waals surface area (Å²) in [5.74, 6) is 0.249. The third kappa shape index (κ3) is 4.89. The number of carbonyl (C=O) groups is 2. The first-order valence-corrected chi connectivity index (χ1v) is 10.4. The van der Waals surface area contributed by atoms with Crippen molar-refractivity contribution in [2.24, 2.45) is 5.73 Å². The maximum atomic E-state index is 12.3. The van der Waals surface area contributed by atoms with Crippen LogP contribution in [0.15, 0.2) is 24.3 Å². The Labute approximate surface area is 163 Å². The Morgan fingerprint density at radius 2 is 1.93 bits per heavy atom. The Balaban J connectivity index is 1.50. The van der Waals surface area contributed by atoms with Crippen LogP contribution in [0.3, 0.4) is 0 Å². The molecule has 1 aromatic heterocycles. The normalized spacial score (nSPS) is 13.1. The van der Waals surface area contributed by atoms with Gasteiger partial charge >= 0.3 is 0 Å². The van der Waals surface area contributed by atoms with Crippen molar-refractivity contribution in [2.45, 2.75) is 51.9 Å². The summed E-state index contributed by atoms with van der Waals surface area (Å²) < 4.78 is 5.68. The fourth-order valence-electron chi connectivity index (χ4n) is 3.35. The van der Waals surface area contributed by atoms with Crippen molar-refractivity contribution in [1.29, 1.82) is 0 Å². The molecule has 2 amide bonds. The Morgan fingerprint density at radius 3 is 2.63 bits per heavy atom. The third-order valence-corrected chi connectivity index (χ3v) is 6.03. The van der Waals surface area contributed by atoms with Gasteiger partial charge in [-0.05, 0) is 61.8 Å². The van der Waals surface area contributed by atoms with E-state index in [-0.39, 0.29) is 5.91 Å². The molecule has 6 heteroatoms. The fraction of sp³-hybridized carbons (Fsp3) is 0.429. The first-order chi connectivity index (χ1) is 13.1. The first kappa shape index (κ1) is 19.4. The lowest BCUT2D eigenvalue weighted by Crippen LogP contribution is -2.18. The highest BCUT2D eigenvalue weighted by molar-refractivity contribution is 7.17. The van der Waals surface area contributed by atoms with Crippen LogP contribution in [-0.4, -0.2) is 18.4 Å². The number of rotatable bonds is 8. The number of carbonyl (C=O) groups excluding carboxylic acids is 2. The number of nitrogens with two attached hydrogens (primary N) is 1. The number of hydrogen-bond donors (Lipinski definition) is 2. The van der Waals surface area contributed by atoms with Crippen molar-refractivity contribution < 1.29 is 14.3 Å². The molecular formula is C21H26N2O3S. The van der Waals surface area contributed by atoms with Crippen LogP contribution in [0, 0.1) is 0 Å². The number of aryl methyl sites for hydroxylation is 2. The Morgan fingerprint density at radius 1 is 1.19 bits per heavy atom. The van der Waals surface area contributed by atoms with Gasteiger partial charge in [-0.2, -0.15) is 0 Å². The number of anilines is 1. The minimum atomic E-state index is -0.455. The average Bonchev–Trinajstić information content (AvgIpc) is 3.03. The van der Waals surface area contributed by atoms with E-state index in [1.165, 1.54) is 21.8 Å². The average molecular weight is 387 g/mol. The van der Waals surface area contributed by atoms with Gasteiger partial charge < -0.3 is 15.8 Å². The van der Waals surface area contributed by atoms with E-state index < -0.39 is 5.91 Å². The molecule has 3 N–H and O–H groups in total. The molecule has 0 radical (unpaired) electrons. The summed E-state index contributed by atoms with van der Waals surface area (Å²) in [7, 11) is 0. The number of thiophene rings is 1. The number of amides is 2. The molecule has 5 nitrogen and oxygen atoms in total. The van der Waals surface area contributed by atoms with Crippen molar-refractivity contribution in [3.8, 4) is 5.75 Å². The van der Waals surface area contributed by atoms with Crippen LogP contribution < -0.4 is 15.8 Å². The summed E-state index contributed by atoms with van der Waals surface area (Å²) in [4.78, 5) is 25.3. The molecule has 2 aromatic rings. The number of primary amides is 1. The lowest BCUT2D eigenvalue weighted by atomic mass is 9.95. The van der Waals surface area contributed by atoms with Gasteiger partial charge in [0.1, 0.15) is 10.8 Å². The van der Waals surface area contributed by atoms with E-state index in [0.29, 0.717) is 30.0 Å². The minimum Gasteiger partial charge on any atom is -0.494 e. The molecule has 0 unspecified atom stereocenters. The predicted molar refractivity (Wildman–Crippen MR) is 109 cm³/mol. The molecule has 0 saturated heterocycles. The maximum Gasteiger partial charge on any atom is 0.251 e. The van der Waals surface area contributed by atoms with Crippen LogP contribution in [0.4, 0.5) is 5.00 Å². The Bertz CT molecular complexity index is 812. The molecule has 144 valence electrons. The standard InChI is InChI=1S/C21H26N2O3S/c1-2-14-9-11-15(12-10-14)26-13-5-8-18(24)23-21-19(20(22)25)16-6-3-4-7-17(16)27-21/h9-12H,2-8,13H2,1H3,(H2,22,25)(H,23,24). The molecule has 0 aliphatic heterocycles. The highest BCUT2D eigenvalue weighted by Gasteiger charge is 2.24. The second-order valence-corrected chi connectivity index (χ2v) is 7.88. The quantitative estimate of drug-likeness (QED) is 0.671. The summed E-state index contributed by atoms with van der Waals surface area (Å²) in [5, 5.41) is 3.49. The summed E-state index contributed by atoms with van der Waals surface area (Å²) in [6.07, 6.45) is 5.96. The maximum absolute atomic E-state index is 12.3. The van der Waals surface area contributed by atoms with Crippen LogP contribution in [0.2, 0.25) is 0 Å². The minimum absolute atomic E-state index is 0.110. The zero-order valence-corrected chi connectivity index (χ0v) is 16.5. The number of ether oxygens (including phenoxy) is 1. The van der Waals surface area contributed by atoms with Gasteiger partial charge in [-0.15, -0.1) is 11.3 Å². The smallest absolute Gasteiger partial charge is 0.251 e. The monoisotopic (exact) mass is 386 g/mol. The summed E-state index contributed by atoms with van der Waals surface area (Å²) in [6.45, 7) is 2.59. The highest BCUT2D eigenvalue weighted by Crippen LogP contribution is 2.37. The first-order valence-electron chi connectivity index (χ1n) is 9.54. The predicted octanol–water partition coefficient (Wildman–Crippen LogP) is 4.09. The SMILES string of the molecule is CCc1ccc(OCCCC(=O)Nc2sc3c(c2C(N)=O)CCCC3)cc1. The van der Waals surface area contributed by atoms with Crippen LogP contribution in [-0.2, 0) is 24.1 Å². The molecule has 0 bridgehead atoms. The van der Waals surface area contributed by atoms with Gasteiger partial charge in [-0.3, -0.25) is 9.59 Å². The van der Waals surface area contributed by atoms with E-state index in [1.807, 2.05) is 24.3 Å². The van der Waals surface area contributed by atoms with Crippen molar-refractivity contribution in [1.82, 2.24) is 0 Å². The van der Waals surface area contributed by atoms with Gasteiger partial charge in [0.15, 0.2) is 0 Å². The number of nitrogens with one attached hydrogen (secondary N) is 1. The Kier molecular flexibility index (Phi) is 6.50. The molecule has 1 aromatic carbocycles. The zero-order chi connectivity index (χ0) is 19.2. The molecule has 0 atom stereocenters. The van der Waals surface area contributed by atoms with Crippen LogP contribution >= 0.6 is 11.3 Å². The molecule has 1 aliphatic carbocycles. The second-order valence-electron chi connectivity index (χ2n) is 6.78. The van der Waals surface area contributed by atoms with Gasteiger partial charge in [-0.1, -0.05) is 19.1 Å². The molecule has 0 saturated carbocycles. The second kappa shape index (κ2) is 9.04. The van der Waals surface area contributed by atoms with Crippen LogP contribution in [0.5, 0.6) is 5.75 Å². The number of benzene rings is 1. The fourth-order valence-corrected chi connectivity index (χ4v) is 4.66. The number of hydrogen-bond acceptors (Lipinski definition) is 4. The Hall–Kier alpha value is -2.34. The van der Waals surface area contributed by atoms with E-state index >= 15 is 0 Å². The van der Waals surface area contributed by atoms with Gasteiger partial charge in [0.25, 0.3) is 5.91 Å². The zero-order valence-electron chi connectivity index (χ0n) is 15.7. The lowest BCUT2D eigenvalue weighted by Gasteiger charge is -2.11.